The Morgan fingerprint density at radius 2 is 1.72 bits per heavy atom. The second-order valence-corrected chi connectivity index (χ2v) is 10.3. The molecule has 2 aromatic rings. The molecule has 39 heavy (non-hydrogen) atoms. The summed E-state index contributed by atoms with van der Waals surface area (Å²) in [6.45, 7) is 8.49. The predicted molar refractivity (Wildman–Crippen MR) is 170 cm³/mol. The number of aliphatic imine (C=N–C) groups is 1. The number of unbranched alkanes of at least 4 members (excludes halogenated alkanes) is 1. The third kappa shape index (κ3) is 11.2. The number of rotatable bonds is 17. The van der Waals surface area contributed by atoms with Gasteiger partial charge in [-0.15, -0.1) is 0 Å². The van der Waals surface area contributed by atoms with E-state index >= 15 is 0 Å². The molecule has 0 unspecified atom stereocenters. The van der Waals surface area contributed by atoms with E-state index < -0.39 is 0 Å². The number of halogens is 2. The van der Waals surface area contributed by atoms with Crippen molar-refractivity contribution in [3.8, 4) is 0 Å². The van der Waals surface area contributed by atoms with Gasteiger partial charge in [-0.3, -0.25) is 9.98 Å². The van der Waals surface area contributed by atoms with Crippen LogP contribution in [0.1, 0.15) is 32.1 Å². The van der Waals surface area contributed by atoms with E-state index in [0.29, 0.717) is 5.02 Å². The van der Waals surface area contributed by atoms with Crippen LogP contribution in [0.5, 0.6) is 0 Å². The van der Waals surface area contributed by atoms with Crippen molar-refractivity contribution < 1.29 is 0 Å². The molecule has 1 aromatic heterocycles. The fraction of sp³-hybridized carbons (Fsp3) is 0.379. The first-order valence-electron chi connectivity index (χ1n) is 13.4. The van der Waals surface area contributed by atoms with Crippen molar-refractivity contribution >= 4 is 62.5 Å². The van der Waals surface area contributed by atoms with Crippen LogP contribution in [0, 0.1) is 0 Å². The highest BCUT2D eigenvalue weighted by atomic mass is 35.5. The molecule has 3 rings (SSSR count). The van der Waals surface area contributed by atoms with Crippen molar-refractivity contribution in [1.29, 1.82) is 0 Å². The van der Waals surface area contributed by atoms with Crippen LogP contribution >= 0.6 is 23.2 Å². The predicted octanol–water partition coefficient (Wildman–Crippen LogP) is 5.77. The number of nitrogens with zero attached hydrogens (tertiary/aromatic N) is 4. The summed E-state index contributed by atoms with van der Waals surface area (Å²) in [5.41, 5.74) is 4.14. The Labute approximate surface area is 245 Å². The Morgan fingerprint density at radius 3 is 2.41 bits per heavy atom. The fourth-order valence-corrected chi connectivity index (χ4v) is 4.58. The van der Waals surface area contributed by atoms with E-state index in [0.717, 1.165) is 98.7 Å². The number of aromatic nitrogens is 1. The lowest BCUT2D eigenvalue weighted by Gasteiger charge is -2.20. The lowest BCUT2D eigenvalue weighted by Crippen LogP contribution is -2.28. The highest BCUT2D eigenvalue weighted by molar-refractivity contribution is 6.31. The molecule has 0 saturated carbocycles. The summed E-state index contributed by atoms with van der Waals surface area (Å²) in [5.74, 6) is 0. The third-order valence-electron chi connectivity index (χ3n) is 6.37. The van der Waals surface area contributed by atoms with Gasteiger partial charge in [0.15, 0.2) is 16.0 Å². The molecule has 1 aliphatic carbocycles. The fourth-order valence-electron chi connectivity index (χ4n) is 4.27. The van der Waals surface area contributed by atoms with Crippen LogP contribution in [0.25, 0.3) is 10.9 Å². The molecule has 0 spiro atoms. The Kier molecular flexibility index (Phi) is 13.7. The maximum Gasteiger partial charge on any atom is 0.182 e. The van der Waals surface area contributed by atoms with Crippen LogP contribution in [0.2, 0.25) is 5.02 Å². The lowest BCUT2D eigenvalue weighted by molar-refractivity contribution is 0.390. The van der Waals surface area contributed by atoms with Gasteiger partial charge in [0.05, 0.1) is 5.52 Å². The summed E-state index contributed by atoms with van der Waals surface area (Å²) in [6.07, 6.45) is 16.0. The quantitative estimate of drug-likeness (QED) is 0.146. The molecule has 0 atom stereocenters. The van der Waals surface area contributed by atoms with Gasteiger partial charge in [-0.05, 0) is 107 Å². The van der Waals surface area contributed by atoms with E-state index in [4.69, 9.17) is 39.2 Å². The van der Waals surface area contributed by atoms with Crippen molar-refractivity contribution in [2.75, 3.05) is 44.6 Å². The summed E-state index contributed by atoms with van der Waals surface area (Å²) in [6, 6.07) is 7.75. The number of hydrogen-bond acceptors (Lipinski definition) is 6. The molecule has 1 aliphatic rings. The Hall–Kier alpha value is -2.51. The molecule has 4 radical (unpaired) electrons. The minimum absolute atomic E-state index is 0.690. The van der Waals surface area contributed by atoms with Crippen LogP contribution in [0.3, 0.4) is 0 Å². The number of nitrogens with one attached hydrogen (secondary N) is 2. The number of fused-ring (bicyclic) bond motifs is 1. The number of anilines is 1. The van der Waals surface area contributed by atoms with Gasteiger partial charge in [0.25, 0.3) is 0 Å². The molecule has 2 N–H and O–H groups in total. The average Bonchev–Trinajstić information content (AvgIpc) is 2.93. The number of benzene rings is 1. The monoisotopic (exact) mass is 560 g/mol. The van der Waals surface area contributed by atoms with E-state index in [9.17, 15) is 0 Å². The van der Waals surface area contributed by atoms with E-state index in [-0.39, 0.29) is 0 Å². The molecule has 10 heteroatoms. The number of pyridine rings is 1. The Bertz CT molecular complexity index is 1200. The largest absolute Gasteiger partial charge is 0.385 e. The SMILES string of the molecule is [B]N(CCCCN([B])CCCNc1ccnc2cc(Cl)ccc12)CCCNC(/C=C\N=C)=C1\C=CC(Cl)=CC1. The van der Waals surface area contributed by atoms with Gasteiger partial charge in [0, 0.05) is 52.3 Å². The standard InChI is InChI=1S/C29H36B2Cl2N6/c1-34-16-12-27(23-6-8-24(32)9-7-23)35-14-4-20-38(30)18-2-3-19-39(31)21-5-15-36-28-13-17-37-29-22-25(33)10-11-26(28)29/h6,8-13,16-17,22,35H,1-5,7,14-15,18-21H2,(H,36,37)/b16-12-,27-23+. The zero-order valence-corrected chi connectivity index (χ0v) is 24.0. The number of allylic oxidation sites excluding steroid dienone is 6. The summed E-state index contributed by atoms with van der Waals surface area (Å²) in [7, 11) is 12.4. The lowest BCUT2D eigenvalue weighted by atomic mass is 10.0. The second-order valence-electron chi connectivity index (χ2n) is 9.42. The van der Waals surface area contributed by atoms with Gasteiger partial charge in [-0.2, -0.15) is 0 Å². The van der Waals surface area contributed by atoms with E-state index in [2.05, 4.69) is 27.3 Å². The van der Waals surface area contributed by atoms with Gasteiger partial charge in [-0.25, -0.2) is 0 Å². The highest BCUT2D eigenvalue weighted by Gasteiger charge is 2.06. The number of hydrogen-bond donors (Lipinski definition) is 2. The second kappa shape index (κ2) is 17.2. The summed E-state index contributed by atoms with van der Waals surface area (Å²) in [4.78, 5) is 12.0. The van der Waals surface area contributed by atoms with Crippen LogP contribution in [0.4, 0.5) is 5.69 Å². The smallest absolute Gasteiger partial charge is 0.182 e. The minimum Gasteiger partial charge on any atom is -0.385 e. The minimum atomic E-state index is 0.690. The molecular weight excluding hydrogens is 525 g/mol. The van der Waals surface area contributed by atoms with Crippen molar-refractivity contribution in [2.24, 2.45) is 4.99 Å². The molecule has 0 aliphatic heterocycles. The van der Waals surface area contributed by atoms with Crippen molar-refractivity contribution in [2.45, 2.75) is 32.1 Å². The molecule has 0 saturated heterocycles. The Balaban J connectivity index is 1.25. The normalized spacial score (nSPS) is 14.8. The molecule has 6 nitrogen and oxygen atoms in total. The molecule has 0 fully saturated rings. The van der Waals surface area contributed by atoms with Gasteiger partial charge < -0.3 is 20.3 Å². The van der Waals surface area contributed by atoms with Crippen LogP contribution in [0.15, 0.2) is 82.3 Å². The first-order valence-corrected chi connectivity index (χ1v) is 14.1. The maximum atomic E-state index is 6.20. The molecular formula is C29H36B2Cl2N6. The van der Waals surface area contributed by atoms with Gasteiger partial charge in [0.2, 0.25) is 0 Å². The van der Waals surface area contributed by atoms with Crippen molar-refractivity contribution in [3.63, 3.8) is 0 Å². The first kappa shape index (κ1) is 31.0. The topological polar surface area (TPSA) is 55.8 Å². The third-order valence-corrected chi connectivity index (χ3v) is 6.89. The van der Waals surface area contributed by atoms with E-state index in [1.165, 1.54) is 5.57 Å². The average molecular weight is 561 g/mol. The first-order chi connectivity index (χ1) is 19.0. The van der Waals surface area contributed by atoms with E-state index in [1.807, 2.05) is 58.2 Å². The zero-order chi connectivity index (χ0) is 27.9. The maximum absolute atomic E-state index is 6.20. The van der Waals surface area contributed by atoms with Crippen molar-refractivity contribution in [1.82, 2.24) is 19.9 Å². The molecule has 1 heterocycles. The van der Waals surface area contributed by atoms with Crippen LogP contribution in [-0.4, -0.2) is 76.6 Å². The van der Waals surface area contributed by atoms with E-state index in [1.54, 1.807) is 12.4 Å². The zero-order valence-electron chi connectivity index (χ0n) is 22.5. The van der Waals surface area contributed by atoms with Gasteiger partial charge in [-0.1, -0.05) is 35.4 Å². The van der Waals surface area contributed by atoms with Gasteiger partial charge >= 0.3 is 0 Å². The summed E-state index contributed by atoms with van der Waals surface area (Å²) < 4.78 is 0. The van der Waals surface area contributed by atoms with Crippen LogP contribution in [-0.2, 0) is 0 Å². The summed E-state index contributed by atoms with van der Waals surface area (Å²) >= 11 is 12.1. The highest BCUT2D eigenvalue weighted by Crippen LogP contribution is 2.24. The van der Waals surface area contributed by atoms with Gasteiger partial charge in [0.1, 0.15) is 0 Å². The molecule has 202 valence electrons. The Morgan fingerprint density at radius 1 is 1.00 bits per heavy atom. The summed E-state index contributed by atoms with van der Waals surface area (Å²) in [5, 5.41) is 9.49. The molecule has 0 amide bonds. The molecule has 0 bridgehead atoms. The van der Waals surface area contributed by atoms with Crippen molar-refractivity contribution in [3.05, 3.63) is 82.3 Å². The van der Waals surface area contributed by atoms with Crippen LogP contribution < -0.4 is 10.6 Å². The molecule has 1 aromatic carbocycles.